The van der Waals surface area contributed by atoms with Crippen molar-refractivity contribution < 1.29 is 9.84 Å². The highest BCUT2D eigenvalue weighted by Crippen LogP contribution is 2.18. The van der Waals surface area contributed by atoms with Crippen LogP contribution >= 0.6 is 0 Å². The summed E-state index contributed by atoms with van der Waals surface area (Å²) in [5.41, 5.74) is 1.55. The zero-order chi connectivity index (χ0) is 19.7. The Kier molecular flexibility index (Phi) is 4.40. The summed E-state index contributed by atoms with van der Waals surface area (Å²) in [6.07, 6.45) is 5.03. The lowest BCUT2D eigenvalue weighted by Crippen LogP contribution is -2.12. The maximum absolute atomic E-state index is 11.3. The maximum Gasteiger partial charge on any atom is 0.326 e. The van der Waals surface area contributed by atoms with E-state index < -0.39 is 5.69 Å². The summed E-state index contributed by atoms with van der Waals surface area (Å²) in [6, 6.07) is 9.18. The molecule has 0 aliphatic rings. The van der Waals surface area contributed by atoms with Crippen LogP contribution in [0.3, 0.4) is 0 Å². The van der Waals surface area contributed by atoms with E-state index in [0.717, 1.165) is 11.4 Å². The van der Waals surface area contributed by atoms with Crippen LogP contribution in [-0.2, 0) is 0 Å². The van der Waals surface area contributed by atoms with E-state index in [1.165, 1.54) is 0 Å². The second-order valence-corrected chi connectivity index (χ2v) is 6.41. The van der Waals surface area contributed by atoms with Gasteiger partial charge in [0.1, 0.15) is 11.4 Å². The lowest BCUT2D eigenvalue weighted by atomic mass is 10.3. The largest absolute Gasteiger partial charge is 0.493 e. The van der Waals surface area contributed by atoms with E-state index in [0.29, 0.717) is 16.4 Å². The zero-order valence-corrected chi connectivity index (χ0v) is 15.2. The Labute approximate surface area is 158 Å². The molecule has 0 amide bonds. The fourth-order valence-corrected chi connectivity index (χ4v) is 2.69. The minimum Gasteiger partial charge on any atom is -0.493 e. The number of rotatable bonds is 4. The van der Waals surface area contributed by atoms with Gasteiger partial charge >= 0.3 is 5.69 Å². The molecule has 3 N–H and O–H groups in total. The molecule has 0 aliphatic carbocycles. The second kappa shape index (κ2) is 7.03. The molecule has 0 atom stereocenters. The number of nitrogens with zero attached hydrogens (tertiary/aromatic N) is 4. The van der Waals surface area contributed by atoms with E-state index in [9.17, 15) is 9.90 Å². The molecule has 9 heteroatoms. The number of aromatic hydroxyl groups is 1. The Hall–Kier alpha value is -3.88. The Balaban J connectivity index is 1.74. The van der Waals surface area contributed by atoms with Crippen LogP contribution in [0.2, 0.25) is 0 Å². The molecular formula is C19H18N6O3. The van der Waals surface area contributed by atoms with Crippen molar-refractivity contribution >= 4 is 17.4 Å². The number of hydrogen-bond donors (Lipinski definition) is 3. The van der Waals surface area contributed by atoms with Crippen LogP contribution < -0.4 is 21.1 Å². The SMILES string of the molecule is CC(C)Oc1ccc(N=c2ccn3ncc(=Cc4[nH]c(=O)[nH]c4O)c3n2)cc1. The molecule has 0 aliphatic heterocycles. The van der Waals surface area contributed by atoms with Gasteiger partial charge in [-0.05, 0) is 44.2 Å². The number of imidazole rings is 1. The zero-order valence-electron chi connectivity index (χ0n) is 15.2. The number of ether oxygens (including phenoxy) is 1. The van der Waals surface area contributed by atoms with E-state index in [4.69, 9.17) is 4.74 Å². The van der Waals surface area contributed by atoms with E-state index >= 15 is 0 Å². The molecule has 9 nitrogen and oxygen atoms in total. The van der Waals surface area contributed by atoms with E-state index in [1.807, 2.05) is 38.1 Å². The normalized spacial score (nSPS) is 13.0. The van der Waals surface area contributed by atoms with Gasteiger partial charge in [0.25, 0.3) is 0 Å². The molecule has 0 saturated carbocycles. The minimum atomic E-state index is -0.492. The Morgan fingerprint density at radius 1 is 1.21 bits per heavy atom. The number of hydrogen-bond acceptors (Lipinski definition) is 6. The summed E-state index contributed by atoms with van der Waals surface area (Å²) >= 11 is 0. The number of fused-ring (bicyclic) bond motifs is 1. The summed E-state index contributed by atoms with van der Waals surface area (Å²) in [4.78, 5) is 25.1. The monoisotopic (exact) mass is 378 g/mol. The second-order valence-electron chi connectivity index (χ2n) is 6.41. The highest BCUT2D eigenvalue weighted by Gasteiger charge is 2.05. The number of benzene rings is 1. The molecule has 0 spiro atoms. The highest BCUT2D eigenvalue weighted by atomic mass is 16.5. The molecule has 3 heterocycles. The third-order valence-electron chi connectivity index (χ3n) is 3.87. The summed E-state index contributed by atoms with van der Waals surface area (Å²) < 4.78 is 7.22. The van der Waals surface area contributed by atoms with Gasteiger partial charge in [-0.1, -0.05) is 0 Å². The number of aromatic nitrogens is 5. The van der Waals surface area contributed by atoms with Gasteiger partial charge in [0.15, 0.2) is 11.1 Å². The van der Waals surface area contributed by atoms with Crippen LogP contribution in [0.25, 0.3) is 11.7 Å². The third kappa shape index (κ3) is 3.63. The van der Waals surface area contributed by atoms with E-state index in [-0.39, 0.29) is 17.7 Å². The lowest BCUT2D eigenvalue weighted by Gasteiger charge is -2.08. The molecule has 3 aromatic heterocycles. The average molecular weight is 378 g/mol. The van der Waals surface area contributed by atoms with Crippen molar-refractivity contribution in [3.63, 3.8) is 0 Å². The first kappa shape index (κ1) is 17.5. The molecule has 0 radical (unpaired) electrons. The van der Waals surface area contributed by atoms with Crippen LogP contribution in [0.5, 0.6) is 11.6 Å². The first-order valence-corrected chi connectivity index (χ1v) is 8.67. The number of nitrogens with one attached hydrogen (secondary N) is 2. The van der Waals surface area contributed by atoms with E-state index in [2.05, 4.69) is 25.0 Å². The first-order valence-electron chi connectivity index (χ1n) is 8.67. The van der Waals surface area contributed by atoms with Crippen molar-refractivity contribution in [2.24, 2.45) is 4.99 Å². The lowest BCUT2D eigenvalue weighted by molar-refractivity contribution is 0.242. The van der Waals surface area contributed by atoms with Gasteiger partial charge in [-0.15, -0.1) is 0 Å². The topological polar surface area (TPSA) is 121 Å². The van der Waals surface area contributed by atoms with Gasteiger partial charge in [0.05, 0.1) is 18.0 Å². The van der Waals surface area contributed by atoms with Crippen LogP contribution in [0.4, 0.5) is 5.69 Å². The van der Waals surface area contributed by atoms with Gasteiger partial charge < -0.3 is 14.8 Å². The molecule has 4 aromatic rings. The van der Waals surface area contributed by atoms with Gasteiger partial charge in [-0.3, -0.25) is 4.98 Å². The first-order chi connectivity index (χ1) is 13.5. The number of aromatic amines is 2. The smallest absolute Gasteiger partial charge is 0.326 e. The fourth-order valence-electron chi connectivity index (χ4n) is 2.69. The molecule has 28 heavy (non-hydrogen) atoms. The molecule has 0 unspecified atom stereocenters. The van der Waals surface area contributed by atoms with Gasteiger partial charge in [-0.2, -0.15) is 5.10 Å². The predicted octanol–water partition coefficient (Wildman–Crippen LogP) is 1.02. The average Bonchev–Trinajstić information content (AvgIpc) is 3.19. The van der Waals surface area contributed by atoms with E-state index in [1.54, 1.807) is 29.1 Å². The molecule has 142 valence electrons. The number of H-pyrrole nitrogens is 2. The highest BCUT2D eigenvalue weighted by molar-refractivity contribution is 5.56. The van der Waals surface area contributed by atoms with Crippen molar-refractivity contribution in [2.45, 2.75) is 20.0 Å². The van der Waals surface area contributed by atoms with Gasteiger partial charge in [0, 0.05) is 17.5 Å². The Morgan fingerprint density at radius 2 is 2.00 bits per heavy atom. The minimum absolute atomic E-state index is 0.109. The molecule has 0 saturated heterocycles. The van der Waals surface area contributed by atoms with Crippen LogP contribution in [0.1, 0.15) is 19.5 Å². The van der Waals surface area contributed by atoms with Crippen molar-refractivity contribution in [3.05, 3.63) is 69.6 Å². The third-order valence-corrected chi connectivity index (χ3v) is 3.87. The summed E-state index contributed by atoms with van der Waals surface area (Å²) in [6.45, 7) is 3.95. The van der Waals surface area contributed by atoms with Crippen molar-refractivity contribution in [1.29, 1.82) is 0 Å². The maximum atomic E-state index is 11.3. The van der Waals surface area contributed by atoms with Crippen molar-refractivity contribution in [3.8, 4) is 11.6 Å². The molecule has 1 aromatic carbocycles. The summed E-state index contributed by atoms with van der Waals surface area (Å²) in [7, 11) is 0. The molecule has 0 bridgehead atoms. The fraction of sp³-hybridized carbons (Fsp3) is 0.158. The van der Waals surface area contributed by atoms with Crippen LogP contribution in [-0.4, -0.2) is 35.8 Å². The van der Waals surface area contributed by atoms with Crippen molar-refractivity contribution in [1.82, 2.24) is 24.6 Å². The summed E-state index contributed by atoms with van der Waals surface area (Å²) in [5.74, 6) is 0.541. The Bertz CT molecular complexity index is 1300. The molecular weight excluding hydrogens is 360 g/mol. The standard InChI is InChI=1S/C19H18N6O3/c1-11(2)28-14-5-3-13(4-6-14)21-16-7-8-25-17(23-16)12(10-20-25)9-15-18(26)24-19(27)22-15/h3-11,26H,1-2H3,(H2,22,24,27). The van der Waals surface area contributed by atoms with Crippen LogP contribution in [0.15, 0.2) is 52.5 Å². The predicted molar refractivity (Wildman–Crippen MR) is 102 cm³/mol. The Morgan fingerprint density at radius 3 is 2.68 bits per heavy atom. The van der Waals surface area contributed by atoms with Crippen molar-refractivity contribution in [2.75, 3.05) is 0 Å². The van der Waals surface area contributed by atoms with Gasteiger partial charge in [-0.25, -0.2) is 19.3 Å². The quantitative estimate of drug-likeness (QED) is 0.490. The summed E-state index contributed by atoms with van der Waals surface area (Å²) in [5, 5.41) is 14.6. The molecule has 4 rings (SSSR count). The van der Waals surface area contributed by atoms with Gasteiger partial charge in [0.2, 0.25) is 5.88 Å². The molecule has 0 fully saturated rings. The van der Waals surface area contributed by atoms with Crippen LogP contribution in [0, 0.1) is 0 Å².